The van der Waals surface area contributed by atoms with Crippen molar-refractivity contribution in [3.8, 4) is 6.07 Å². The summed E-state index contributed by atoms with van der Waals surface area (Å²) in [5.41, 5.74) is 1.77. The van der Waals surface area contributed by atoms with Gasteiger partial charge in [0.05, 0.1) is 11.6 Å². The molecule has 3 rings (SSSR count). The number of nitrogens with zero attached hydrogens (tertiary/aromatic N) is 3. The number of aromatic nitrogens is 1. The Morgan fingerprint density at radius 2 is 1.88 bits per heavy atom. The fourth-order valence-corrected chi connectivity index (χ4v) is 2.89. The summed E-state index contributed by atoms with van der Waals surface area (Å²) in [6.45, 7) is 3.64. The Labute approximate surface area is 152 Å². The lowest BCUT2D eigenvalue weighted by Gasteiger charge is -2.30. The van der Waals surface area contributed by atoms with Gasteiger partial charge in [0, 0.05) is 30.5 Å². The number of anilines is 1. The minimum absolute atomic E-state index is 0.134. The SMILES string of the molecule is CC1CCN(C(=O)c2cc(C(=O)Nc3ccc(C#N)cc3)ccn2)CC1. The Kier molecular flexibility index (Phi) is 5.28. The molecule has 2 heterocycles. The Hall–Kier alpha value is -3.20. The predicted octanol–water partition coefficient (Wildman–Crippen LogP) is 3.08. The lowest BCUT2D eigenvalue weighted by molar-refractivity contribution is 0.0691. The topological polar surface area (TPSA) is 86.1 Å². The normalized spacial score (nSPS) is 14.5. The van der Waals surface area contributed by atoms with Crippen LogP contribution in [0.5, 0.6) is 0 Å². The summed E-state index contributed by atoms with van der Waals surface area (Å²) in [5, 5.41) is 11.6. The zero-order valence-electron chi connectivity index (χ0n) is 14.6. The zero-order valence-corrected chi connectivity index (χ0v) is 14.6. The van der Waals surface area contributed by atoms with Crippen molar-refractivity contribution in [3.63, 3.8) is 0 Å². The maximum atomic E-state index is 12.6. The number of rotatable bonds is 3. The van der Waals surface area contributed by atoms with Crippen LogP contribution in [0.1, 0.15) is 46.2 Å². The van der Waals surface area contributed by atoms with Gasteiger partial charge in [-0.05, 0) is 55.2 Å². The third-order valence-electron chi connectivity index (χ3n) is 4.58. The van der Waals surface area contributed by atoms with Crippen LogP contribution in [0.25, 0.3) is 0 Å². The van der Waals surface area contributed by atoms with Gasteiger partial charge in [-0.1, -0.05) is 6.92 Å². The first kappa shape index (κ1) is 17.6. The first-order valence-electron chi connectivity index (χ1n) is 8.63. The van der Waals surface area contributed by atoms with Crippen LogP contribution in [0, 0.1) is 17.2 Å². The molecule has 2 amide bonds. The van der Waals surface area contributed by atoms with E-state index in [1.54, 1.807) is 35.2 Å². The van der Waals surface area contributed by atoms with Crippen LogP contribution in [0.4, 0.5) is 5.69 Å². The molecular weight excluding hydrogens is 328 g/mol. The van der Waals surface area contributed by atoms with Crippen molar-refractivity contribution in [2.45, 2.75) is 19.8 Å². The molecule has 6 nitrogen and oxygen atoms in total. The second-order valence-electron chi connectivity index (χ2n) is 6.55. The molecule has 0 saturated carbocycles. The quantitative estimate of drug-likeness (QED) is 0.923. The third kappa shape index (κ3) is 4.06. The number of carbonyl (C=O) groups excluding carboxylic acids is 2. The minimum Gasteiger partial charge on any atom is -0.337 e. The predicted molar refractivity (Wildman–Crippen MR) is 97.6 cm³/mol. The van der Waals surface area contributed by atoms with Crippen LogP contribution in [0.2, 0.25) is 0 Å². The van der Waals surface area contributed by atoms with Crippen molar-refractivity contribution < 1.29 is 9.59 Å². The monoisotopic (exact) mass is 348 g/mol. The van der Waals surface area contributed by atoms with Gasteiger partial charge in [0.2, 0.25) is 0 Å². The number of carbonyl (C=O) groups is 2. The van der Waals surface area contributed by atoms with E-state index in [9.17, 15) is 9.59 Å². The molecule has 0 radical (unpaired) electrons. The van der Waals surface area contributed by atoms with E-state index >= 15 is 0 Å². The van der Waals surface area contributed by atoms with Gasteiger partial charge in [-0.2, -0.15) is 5.26 Å². The van der Waals surface area contributed by atoms with Gasteiger partial charge in [-0.15, -0.1) is 0 Å². The molecule has 132 valence electrons. The summed E-state index contributed by atoms with van der Waals surface area (Å²) in [5.74, 6) is 0.180. The molecule has 1 fully saturated rings. The highest BCUT2D eigenvalue weighted by Crippen LogP contribution is 2.18. The molecule has 2 aromatic rings. The largest absolute Gasteiger partial charge is 0.337 e. The van der Waals surface area contributed by atoms with Crippen molar-refractivity contribution >= 4 is 17.5 Å². The molecule has 0 atom stereocenters. The summed E-state index contributed by atoms with van der Waals surface area (Å²) >= 11 is 0. The van der Waals surface area contributed by atoms with E-state index in [2.05, 4.69) is 17.2 Å². The highest BCUT2D eigenvalue weighted by molar-refractivity contribution is 6.05. The summed E-state index contributed by atoms with van der Waals surface area (Å²) in [6, 6.07) is 11.7. The van der Waals surface area contributed by atoms with Crippen LogP contribution >= 0.6 is 0 Å². The van der Waals surface area contributed by atoms with Gasteiger partial charge in [0.25, 0.3) is 11.8 Å². The number of amides is 2. The van der Waals surface area contributed by atoms with Crippen LogP contribution < -0.4 is 5.32 Å². The van der Waals surface area contributed by atoms with Crippen molar-refractivity contribution in [1.29, 1.82) is 5.26 Å². The van der Waals surface area contributed by atoms with Crippen LogP contribution in [-0.4, -0.2) is 34.8 Å². The number of nitriles is 1. The molecule has 1 aliphatic heterocycles. The molecule has 1 N–H and O–H groups in total. The van der Waals surface area contributed by atoms with E-state index in [-0.39, 0.29) is 17.5 Å². The highest BCUT2D eigenvalue weighted by atomic mass is 16.2. The van der Waals surface area contributed by atoms with E-state index < -0.39 is 0 Å². The lowest BCUT2D eigenvalue weighted by atomic mass is 9.99. The van der Waals surface area contributed by atoms with E-state index in [0.29, 0.717) is 22.7 Å². The summed E-state index contributed by atoms with van der Waals surface area (Å²) in [4.78, 5) is 31.0. The van der Waals surface area contributed by atoms with Crippen molar-refractivity contribution in [3.05, 3.63) is 59.4 Å². The minimum atomic E-state index is -0.321. The number of piperidine rings is 1. The molecule has 6 heteroatoms. The molecule has 26 heavy (non-hydrogen) atoms. The standard InChI is InChI=1S/C20H20N4O2/c1-14-7-10-24(11-8-14)20(26)18-12-16(6-9-22-18)19(25)23-17-4-2-15(13-21)3-5-17/h2-6,9,12,14H,7-8,10-11H2,1H3,(H,23,25). The Bertz CT molecular complexity index is 847. The van der Waals surface area contributed by atoms with E-state index in [1.807, 2.05) is 6.07 Å². The Balaban J connectivity index is 1.70. The van der Waals surface area contributed by atoms with Crippen molar-refractivity contribution in [2.24, 2.45) is 5.92 Å². The number of nitrogens with one attached hydrogen (secondary N) is 1. The highest BCUT2D eigenvalue weighted by Gasteiger charge is 2.23. The fourth-order valence-electron chi connectivity index (χ4n) is 2.89. The molecule has 1 saturated heterocycles. The number of pyridine rings is 1. The van der Waals surface area contributed by atoms with E-state index in [4.69, 9.17) is 5.26 Å². The molecule has 1 aromatic carbocycles. The van der Waals surface area contributed by atoms with Gasteiger partial charge in [0.15, 0.2) is 0 Å². The van der Waals surface area contributed by atoms with Crippen LogP contribution in [0.15, 0.2) is 42.6 Å². The number of benzene rings is 1. The summed E-state index contributed by atoms with van der Waals surface area (Å²) < 4.78 is 0. The Morgan fingerprint density at radius 1 is 1.19 bits per heavy atom. The first-order valence-corrected chi connectivity index (χ1v) is 8.63. The smallest absolute Gasteiger partial charge is 0.272 e. The molecule has 1 aliphatic rings. The average Bonchev–Trinajstić information content (AvgIpc) is 2.68. The van der Waals surface area contributed by atoms with Crippen molar-refractivity contribution in [2.75, 3.05) is 18.4 Å². The van der Waals surface area contributed by atoms with Gasteiger partial charge in [0.1, 0.15) is 5.69 Å². The molecule has 1 aromatic heterocycles. The second kappa shape index (κ2) is 7.79. The molecular formula is C20H20N4O2. The van der Waals surface area contributed by atoms with Crippen molar-refractivity contribution in [1.82, 2.24) is 9.88 Å². The second-order valence-corrected chi connectivity index (χ2v) is 6.55. The average molecular weight is 348 g/mol. The molecule has 0 aliphatic carbocycles. The van der Waals surface area contributed by atoms with E-state index in [0.717, 1.165) is 25.9 Å². The van der Waals surface area contributed by atoms with Crippen LogP contribution in [-0.2, 0) is 0 Å². The molecule has 0 spiro atoms. The van der Waals surface area contributed by atoms with Gasteiger partial charge >= 0.3 is 0 Å². The number of hydrogen-bond acceptors (Lipinski definition) is 4. The number of likely N-dealkylation sites (tertiary alicyclic amines) is 1. The molecule has 0 unspecified atom stereocenters. The maximum Gasteiger partial charge on any atom is 0.272 e. The third-order valence-corrected chi connectivity index (χ3v) is 4.58. The summed E-state index contributed by atoms with van der Waals surface area (Å²) in [7, 11) is 0. The Morgan fingerprint density at radius 3 is 2.54 bits per heavy atom. The van der Waals surface area contributed by atoms with Gasteiger partial charge in [-0.3, -0.25) is 14.6 Å². The fraction of sp³-hybridized carbons (Fsp3) is 0.300. The van der Waals surface area contributed by atoms with Gasteiger partial charge in [-0.25, -0.2) is 0 Å². The lowest BCUT2D eigenvalue weighted by Crippen LogP contribution is -2.38. The first-order chi connectivity index (χ1) is 12.6. The zero-order chi connectivity index (χ0) is 18.5. The van der Waals surface area contributed by atoms with Crippen LogP contribution in [0.3, 0.4) is 0 Å². The molecule has 0 bridgehead atoms. The van der Waals surface area contributed by atoms with E-state index in [1.165, 1.54) is 12.3 Å². The van der Waals surface area contributed by atoms with Gasteiger partial charge < -0.3 is 10.2 Å². The number of hydrogen-bond donors (Lipinski definition) is 1. The summed E-state index contributed by atoms with van der Waals surface area (Å²) in [6.07, 6.45) is 3.46. The maximum absolute atomic E-state index is 12.6.